The minimum Gasteiger partial charge on any atom is -0.497 e. The predicted octanol–water partition coefficient (Wildman–Crippen LogP) is 3.05. The zero-order valence-corrected chi connectivity index (χ0v) is 16.0. The van der Waals surface area contributed by atoms with Crippen LogP contribution in [0.4, 0.5) is 5.69 Å². The van der Waals surface area contributed by atoms with E-state index in [0.717, 1.165) is 11.8 Å². The van der Waals surface area contributed by atoms with Crippen molar-refractivity contribution >= 4 is 21.6 Å². The van der Waals surface area contributed by atoms with Crippen LogP contribution in [0.1, 0.15) is 24.9 Å². The summed E-state index contributed by atoms with van der Waals surface area (Å²) >= 11 is 0. The van der Waals surface area contributed by atoms with Gasteiger partial charge in [-0.25, -0.2) is 8.42 Å². The number of sulfonamides is 1. The molecule has 1 atom stereocenters. The SMILES string of the molecule is COc1cccc(NC(=O)CCN(C(C)c2ccccc2)S(C)(=O)=O)c1. The molecule has 0 fully saturated rings. The molecule has 0 bridgehead atoms. The smallest absolute Gasteiger partial charge is 0.225 e. The number of benzene rings is 2. The van der Waals surface area contributed by atoms with E-state index in [1.165, 1.54) is 4.31 Å². The maximum absolute atomic E-state index is 12.2. The standard InChI is InChI=1S/C19H24N2O4S/c1-15(16-8-5-4-6-9-16)21(26(3,23)24)13-12-19(22)20-17-10-7-11-18(14-17)25-2/h4-11,14-15H,12-13H2,1-3H3,(H,20,22). The summed E-state index contributed by atoms with van der Waals surface area (Å²) in [6, 6.07) is 16.0. The number of amides is 1. The molecule has 0 spiro atoms. The van der Waals surface area contributed by atoms with E-state index in [-0.39, 0.29) is 24.9 Å². The monoisotopic (exact) mass is 376 g/mol. The quantitative estimate of drug-likeness (QED) is 0.768. The van der Waals surface area contributed by atoms with Crippen LogP contribution in [0.5, 0.6) is 5.75 Å². The fourth-order valence-corrected chi connectivity index (χ4v) is 3.80. The Hall–Kier alpha value is -2.38. The average molecular weight is 376 g/mol. The summed E-state index contributed by atoms with van der Waals surface area (Å²) in [7, 11) is -1.91. The van der Waals surface area contributed by atoms with Crippen LogP contribution in [0.3, 0.4) is 0 Å². The Morgan fingerprint density at radius 3 is 2.46 bits per heavy atom. The van der Waals surface area contributed by atoms with Crippen molar-refractivity contribution < 1.29 is 17.9 Å². The third-order valence-electron chi connectivity index (χ3n) is 4.05. The number of methoxy groups -OCH3 is 1. The van der Waals surface area contributed by atoms with Crippen LogP contribution in [0.15, 0.2) is 54.6 Å². The molecule has 26 heavy (non-hydrogen) atoms. The minimum atomic E-state index is -3.46. The van der Waals surface area contributed by atoms with Crippen LogP contribution < -0.4 is 10.1 Å². The summed E-state index contributed by atoms with van der Waals surface area (Å²) in [5, 5.41) is 2.76. The number of rotatable bonds is 8. The molecule has 0 radical (unpaired) electrons. The van der Waals surface area contributed by atoms with E-state index < -0.39 is 10.0 Å². The van der Waals surface area contributed by atoms with Crippen LogP contribution in [0.2, 0.25) is 0 Å². The molecule has 2 aromatic carbocycles. The summed E-state index contributed by atoms with van der Waals surface area (Å²) in [6.45, 7) is 1.92. The summed E-state index contributed by atoms with van der Waals surface area (Å²) in [6.07, 6.45) is 1.22. The lowest BCUT2D eigenvalue weighted by atomic mass is 10.1. The summed E-state index contributed by atoms with van der Waals surface area (Å²) < 4.78 is 30.8. The summed E-state index contributed by atoms with van der Waals surface area (Å²) in [5.41, 5.74) is 1.49. The maximum Gasteiger partial charge on any atom is 0.225 e. The van der Waals surface area contributed by atoms with Crippen molar-refractivity contribution in [3.05, 3.63) is 60.2 Å². The van der Waals surface area contributed by atoms with Gasteiger partial charge in [-0.1, -0.05) is 36.4 Å². The number of carbonyl (C=O) groups excluding carboxylic acids is 1. The lowest BCUT2D eigenvalue weighted by molar-refractivity contribution is -0.116. The highest BCUT2D eigenvalue weighted by molar-refractivity contribution is 7.88. The second kappa shape index (κ2) is 8.82. The summed E-state index contributed by atoms with van der Waals surface area (Å²) in [4.78, 5) is 12.2. The molecule has 0 heterocycles. The van der Waals surface area contributed by atoms with Gasteiger partial charge in [0.05, 0.1) is 13.4 Å². The van der Waals surface area contributed by atoms with E-state index in [4.69, 9.17) is 4.74 Å². The maximum atomic E-state index is 12.2. The van der Waals surface area contributed by atoms with Crippen molar-refractivity contribution in [2.24, 2.45) is 0 Å². The molecule has 1 amide bonds. The highest BCUT2D eigenvalue weighted by Gasteiger charge is 2.25. The Morgan fingerprint density at radius 1 is 1.15 bits per heavy atom. The number of hydrogen-bond donors (Lipinski definition) is 1. The highest BCUT2D eigenvalue weighted by Crippen LogP contribution is 2.23. The molecule has 7 heteroatoms. The molecule has 1 N–H and O–H groups in total. The Labute approximate surface area is 154 Å². The van der Waals surface area contributed by atoms with Gasteiger partial charge >= 0.3 is 0 Å². The molecule has 1 unspecified atom stereocenters. The molecule has 0 aliphatic carbocycles. The van der Waals surface area contributed by atoms with Crippen LogP contribution in [-0.4, -0.2) is 38.5 Å². The Morgan fingerprint density at radius 2 is 1.85 bits per heavy atom. The van der Waals surface area contributed by atoms with Crippen LogP contribution >= 0.6 is 0 Å². The first-order valence-corrected chi connectivity index (χ1v) is 10.1. The van der Waals surface area contributed by atoms with Crippen molar-refractivity contribution in [3.63, 3.8) is 0 Å². The molecular weight excluding hydrogens is 352 g/mol. The van der Waals surface area contributed by atoms with Crippen LogP contribution in [0, 0.1) is 0 Å². The van der Waals surface area contributed by atoms with Gasteiger partial charge < -0.3 is 10.1 Å². The molecule has 0 saturated carbocycles. The second-order valence-corrected chi connectivity index (χ2v) is 7.93. The molecule has 0 aromatic heterocycles. The minimum absolute atomic E-state index is 0.0570. The first-order valence-electron chi connectivity index (χ1n) is 8.27. The molecule has 0 aliphatic rings. The van der Waals surface area contributed by atoms with Gasteiger partial charge in [0.15, 0.2) is 0 Å². The van der Waals surface area contributed by atoms with Gasteiger partial charge in [-0.3, -0.25) is 4.79 Å². The van der Waals surface area contributed by atoms with Crippen LogP contribution in [-0.2, 0) is 14.8 Å². The number of ether oxygens (including phenoxy) is 1. The molecule has 0 aliphatic heterocycles. The third kappa shape index (κ3) is 5.57. The average Bonchev–Trinajstić information content (AvgIpc) is 2.61. The van der Waals surface area contributed by atoms with Gasteiger partial charge in [-0.15, -0.1) is 0 Å². The molecular formula is C19H24N2O4S. The molecule has 0 saturated heterocycles. The molecule has 6 nitrogen and oxygen atoms in total. The zero-order chi connectivity index (χ0) is 19.2. The number of nitrogens with one attached hydrogen (secondary N) is 1. The van der Waals surface area contributed by atoms with Crippen molar-refractivity contribution in [2.45, 2.75) is 19.4 Å². The summed E-state index contributed by atoms with van der Waals surface area (Å²) in [5.74, 6) is 0.380. The first kappa shape index (κ1) is 19.9. The first-order chi connectivity index (χ1) is 12.3. The predicted molar refractivity (Wildman–Crippen MR) is 103 cm³/mol. The van der Waals surface area contributed by atoms with E-state index in [2.05, 4.69) is 5.32 Å². The Kier molecular flexibility index (Phi) is 6.76. The topological polar surface area (TPSA) is 75.7 Å². The van der Waals surface area contributed by atoms with Crippen molar-refractivity contribution in [1.82, 2.24) is 4.31 Å². The van der Waals surface area contributed by atoms with E-state index in [9.17, 15) is 13.2 Å². The van der Waals surface area contributed by atoms with Crippen molar-refractivity contribution in [3.8, 4) is 5.75 Å². The lowest BCUT2D eigenvalue weighted by Gasteiger charge is -2.27. The normalized spacial score (nSPS) is 12.6. The Balaban J connectivity index is 2.04. The third-order valence-corrected chi connectivity index (χ3v) is 5.40. The fourth-order valence-electron chi connectivity index (χ4n) is 2.68. The van der Waals surface area contributed by atoms with Gasteiger partial charge in [0, 0.05) is 30.8 Å². The molecule has 2 aromatic rings. The van der Waals surface area contributed by atoms with Gasteiger partial charge in [0.25, 0.3) is 0 Å². The number of anilines is 1. The van der Waals surface area contributed by atoms with E-state index in [0.29, 0.717) is 11.4 Å². The molecule has 140 valence electrons. The molecule has 2 rings (SSSR count). The van der Waals surface area contributed by atoms with Crippen LogP contribution in [0.25, 0.3) is 0 Å². The van der Waals surface area contributed by atoms with Gasteiger partial charge in [-0.2, -0.15) is 4.31 Å². The van der Waals surface area contributed by atoms with Crippen molar-refractivity contribution in [1.29, 1.82) is 0 Å². The van der Waals surface area contributed by atoms with Gasteiger partial charge in [0.1, 0.15) is 5.75 Å². The van der Waals surface area contributed by atoms with E-state index >= 15 is 0 Å². The second-order valence-electron chi connectivity index (χ2n) is 5.99. The van der Waals surface area contributed by atoms with Crippen molar-refractivity contribution in [2.75, 3.05) is 25.2 Å². The van der Waals surface area contributed by atoms with Gasteiger partial charge in [-0.05, 0) is 24.6 Å². The lowest BCUT2D eigenvalue weighted by Crippen LogP contribution is -2.35. The number of hydrogen-bond acceptors (Lipinski definition) is 4. The number of nitrogens with zero attached hydrogens (tertiary/aromatic N) is 1. The zero-order valence-electron chi connectivity index (χ0n) is 15.2. The number of carbonyl (C=O) groups is 1. The van der Waals surface area contributed by atoms with E-state index in [1.54, 1.807) is 31.4 Å². The fraction of sp³-hybridized carbons (Fsp3) is 0.316. The Bertz CT molecular complexity index is 838. The van der Waals surface area contributed by atoms with E-state index in [1.807, 2.05) is 37.3 Å². The highest BCUT2D eigenvalue weighted by atomic mass is 32.2. The largest absolute Gasteiger partial charge is 0.497 e. The van der Waals surface area contributed by atoms with Gasteiger partial charge in [0.2, 0.25) is 15.9 Å².